The Morgan fingerprint density at radius 1 is 1.29 bits per heavy atom. The number of hydrogen-bond donors (Lipinski definition) is 3. The molecule has 1 atom stereocenters. The van der Waals surface area contributed by atoms with Crippen molar-refractivity contribution in [3.05, 3.63) is 35.4 Å². The van der Waals surface area contributed by atoms with Gasteiger partial charge in [-0.1, -0.05) is 19.1 Å². The quantitative estimate of drug-likeness (QED) is 0.758. The summed E-state index contributed by atoms with van der Waals surface area (Å²) in [6, 6.07) is 7.25. The van der Waals surface area contributed by atoms with E-state index in [0.29, 0.717) is 18.0 Å². The van der Waals surface area contributed by atoms with Gasteiger partial charge in [0.1, 0.15) is 0 Å². The Bertz CT molecular complexity index is 486. The summed E-state index contributed by atoms with van der Waals surface area (Å²) in [5.74, 6) is 0.477. The average molecular weight is 312 g/mol. The number of halogens is 1. The molecular formula is C15H22ClN3O2. The summed E-state index contributed by atoms with van der Waals surface area (Å²) in [5, 5.41) is 8.70. The van der Waals surface area contributed by atoms with E-state index in [-0.39, 0.29) is 30.1 Å². The zero-order valence-corrected chi connectivity index (χ0v) is 13.1. The molecule has 5 nitrogen and oxygen atoms in total. The molecule has 3 N–H and O–H groups in total. The van der Waals surface area contributed by atoms with Crippen molar-refractivity contribution in [1.82, 2.24) is 16.0 Å². The van der Waals surface area contributed by atoms with E-state index in [1.807, 2.05) is 19.1 Å². The molecule has 1 heterocycles. The smallest absolute Gasteiger partial charge is 0.251 e. The molecule has 1 saturated heterocycles. The van der Waals surface area contributed by atoms with Crippen LogP contribution in [0.15, 0.2) is 24.3 Å². The lowest BCUT2D eigenvalue weighted by Gasteiger charge is -2.31. The molecule has 0 spiro atoms. The van der Waals surface area contributed by atoms with Crippen LogP contribution in [0.2, 0.25) is 0 Å². The van der Waals surface area contributed by atoms with Crippen LogP contribution < -0.4 is 16.0 Å². The van der Waals surface area contributed by atoms with Crippen molar-refractivity contribution in [2.75, 3.05) is 20.1 Å². The van der Waals surface area contributed by atoms with Gasteiger partial charge in [-0.2, -0.15) is 0 Å². The van der Waals surface area contributed by atoms with E-state index in [4.69, 9.17) is 0 Å². The Morgan fingerprint density at radius 3 is 2.38 bits per heavy atom. The van der Waals surface area contributed by atoms with Crippen LogP contribution >= 0.6 is 12.4 Å². The fourth-order valence-electron chi connectivity index (χ4n) is 2.15. The summed E-state index contributed by atoms with van der Waals surface area (Å²) in [5.41, 5.74) is 1.61. The molecule has 0 bridgehead atoms. The Balaban J connectivity index is 0.00000220. The van der Waals surface area contributed by atoms with E-state index >= 15 is 0 Å². The molecule has 1 unspecified atom stereocenters. The van der Waals surface area contributed by atoms with E-state index in [1.54, 1.807) is 19.2 Å². The molecule has 0 radical (unpaired) electrons. The van der Waals surface area contributed by atoms with Gasteiger partial charge in [0.05, 0.1) is 0 Å². The van der Waals surface area contributed by atoms with Gasteiger partial charge in [0.2, 0.25) is 5.91 Å². The fourth-order valence-corrected chi connectivity index (χ4v) is 2.15. The van der Waals surface area contributed by atoms with Gasteiger partial charge in [0, 0.05) is 25.1 Å². The van der Waals surface area contributed by atoms with Crippen LogP contribution in [0.25, 0.3) is 0 Å². The number of benzene rings is 1. The maximum Gasteiger partial charge on any atom is 0.251 e. The summed E-state index contributed by atoms with van der Waals surface area (Å²) >= 11 is 0. The number of hydrogen-bond acceptors (Lipinski definition) is 3. The zero-order valence-electron chi connectivity index (χ0n) is 12.3. The van der Waals surface area contributed by atoms with Crippen molar-refractivity contribution in [2.24, 2.45) is 11.8 Å². The number of amides is 2. The van der Waals surface area contributed by atoms with E-state index in [2.05, 4.69) is 16.0 Å². The molecule has 0 aromatic heterocycles. The zero-order chi connectivity index (χ0) is 14.5. The molecule has 0 aliphatic carbocycles. The average Bonchev–Trinajstić information content (AvgIpc) is 2.42. The maximum atomic E-state index is 12.0. The van der Waals surface area contributed by atoms with Gasteiger partial charge in [-0.15, -0.1) is 12.4 Å². The minimum absolute atomic E-state index is 0. The van der Waals surface area contributed by atoms with Crippen molar-refractivity contribution < 1.29 is 9.59 Å². The van der Waals surface area contributed by atoms with Gasteiger partial charge in [-0.05, 0) is 36.7 Å². The second-order valence-electron chi connectivity index (χ2n) is 5.20. The second kappa shape index (κ2) is 8.00. The molecule has 2 rings (SSSR count). The number of nitrogens with one attached hydrogen (secondary N) is 3. The van der Waals surface area contributed by atoms with Gasteiger partial charge >= 0.3 is 0 Å². The third kappa shape index (κ3) is 4.44. The highest BCUT2D eigenvalue weighted by Gasteiger charge is 2.28. The lowest BCUT2D eigenvalue weighted by Crippen LogP contribution is -2.49. The summed E-state index contributed by atoms with van der Waals surface area (Å²) in [4.78, 5) is 23.4. The number of carbonyl (C=O) groups is 2. The highest BCUT2D eigenvalue weighted by Crippen LogP contribution is 2.16. The van der Waals surface area contributed by atoms with Crippen molar-refractivity contribution in [2.45, 2.75) is 13.5 Å². The summed E-state index contributed by atoms with van der Waals surface area (Å²) in [6.07, 6.45) is 0. The van der Waals surface area contributed by atoms with Crippen molar-refractivity contribution in [1.29, 1.82) is 0 Å². The minimum Gasteiger partial charge on any atom is -0.355 e. The molecule has 21 heavy (non-hydrogen) atoms. The monoisotopic (exact) mass is 311 g/mol. The third-order valence-corrected chi connectivity index (χ3v) is 3.84. The molecular weight excluding hydrogens is 290 g/mol. The van der Waals surface area contributed by atoms with Gasteiger partial charge in [0.25, 0.3) is 5.91 Å². The lowest BCUT2D eigenvalue weighted by molar-refractivity contribution is -0.126. The van der Waals surface area contributed by atoms with E-state index in [0.717, 1.165) is 18.7 Å². The summed E-state index contributed by atoms with van der Waals surface area (Å²) < 4.78 is 0. The van der Waals surface area contributed by atoms with Crippen LogP contribution in [0.5, 0.6) is 0 Å². The van der Waals surface area contributed by atoms with Crippen LogP contribution in [0.1, 0.15) is 22.8 Å². The Morgan fingerprint density at radius 2 is 1.90 bits per heavy atom. The van der Waals surface area contributed by atoms with E-state index in [9.17, 15) is 9.59 Å². The van der Waals surface area contributed by atoms with Gasteiger partial charge in [0.15, 0.2) is 0 Å². The topological polar surface area (TPSA) is 70.2 Å². The first kappa shape index (κ1) is 17.5. The highest BCUT2D eigenvalue weighted by atomic mass is 35.5. The molecule has 116 valence electrons. The molecule has 1 aliphatic rings. The summed E-state index contributed by atoms with van der Waals surface area (Å²) in [6.45, 7) is 4.32. The normalized spacial score (nSPS) is 15.3. The van der Waals surface area contributed by atoms with E-state index < -0.39 is 0 Å². The molecule has 1 aliphatic heterocycles. The number of carbonyl (C=O) groups excluding carboxylic acids is 2. The highest BCUT2D eigenvalue weighted by molar-refractivity contribution is 5.93. The van der Waals surface area contributed by atoms with Crippen molar-refractivity contribution >= 4 is 24.2 Å². The third-order valence-electron chi connectivity index (χ3n) is 3.84. The molecule has 1 fully saturated rings. The van der Waals surface area contributed by atoms with Gasteiger partial charge in [-0.3, -0.25) is 9.59 Å². The SMILES string of the molecule is CNC(=O)c1ccc(CNC(=O)C(C)C2CNC2)cc1.Cl. The predicted molar refractivity (Wildman–Crippen MR) is 84.5 cm³/mol. The molecule has 1 aromatic carbocycles. The largest absolute Gasteiger partial charge is 0.355 e. The van der Waals surface area contributed by atoms with Crippen LogP contribution in [0.3, 0.4) is 0 Å². The Labute approximate surface area is 131 Å². The molecule has 0 saturated carbocycles. The first-order valence-corrected chi connectivity index (χ1v) is 6.91. The molecule has 1 aromatic rings. The minimum atomic E-state index is -0.105. The van der Waals surface area contributed by atoms with Crippen LogP contribution in [-0.2, 0) is 11.3 Å². The van der Waals surface area contributed by atoms with E-state index in [1.165, 1.54) is 0 Å². The fraction of sp³-hybridized carbons (Fsp3) is 0.467. The first-order chi connectivity index (χ1) is 9.61. The van der Waals surface area contributed by atoms with Crippen molar-refractivity contribution in [3.8, 4) is 0 Å². The second-order valence-corrected chi connectivity index (χ2v) is 5.20. The summed E-state index contributed by atoms with van der Waals surface area (Å²) in [7, 11) is 1.60. The Kier molecular flexibility index (Phi) is 6.65. The predicted octanol–water partition coefficient (Wildman–Crippen LogP) is 0.940. The van der Waals surface area contributed by atoms with Gasteiger partial charge in [-0.25, -0.2) is 0 Å². The van der Waals surface area contributed by atoms with Gasteiger partial charge < -0.3 is 16.0 Å². The molecule has 2 amide bonds. The maximum absolute atomic E-state index is 12.0. The van der Waals surface area contributed by atoms with Crippen LogP contribution in [-0.4, -0.2) is 32.0 Å². The van der Waals surface area contributed by atoms with Crippen LogP contribution in [0.4, 0.5) is 0 Å². The lowest BCUT2D eigenvalue weighted by atomic mass is 9.88. The standard InChI is InChI=1S/C15H21N3O2.ClH/c1-10(13-8-17-9-13)14(19)18-7-11-3-5-12(6-4-11)15(20)16-2;/h3-6,10,13,17H,7-9H2,1-2H3,(H,16,20)(H,18,19);1H. The molecule has 6 heteroatoms. The van der Waals surface area contributed by atoms with Crippen molar-refractivity contribution in [3.63, 3.8) is 0 Å². The Hall–Kier alpha value is -1.59. The first-order valence-electron chi connectivity index (χ1n) is 6.91. The number of rotatable bonds is 5. The van der Waals surface area contributed by atoms with Crippen LogP contribution in [0, 0.1) is 11.8 Å².